The van der Waals surface area contributed by atoms with Crippen molar-refractivity contribution in [3.63, 3.8) is 0 Å². The molecule has 5 N–H and O–H groups in total. The molecule has 1 aliphatic heterocycles. The monoisotopic (exact) mass is 596 g/mol. The van der Waals surface area contributed by atoms with E-state index in [0.717, 1.165) is 10.6 Å². The van der Waals surface area contributed by atoms with Gasteiger partial charge in [-0.05, 0) is 49.9 Å². The lowest BCUT2D eigenvalue weighted by atomic mass is 10.00. The fourth-order valence-electron chi connectivity index (χ4n) is 5.24. The molecule has 1 aromatic carbocycles. The van der Waals surface area contributed by atoms with E-state index in [0.29, 0.717) is 38.0 Å². The number of likely N-dealkylation sites (tertiary alicyclic amines) is 1. The van der Waals surface area contributed by atoms with Crippen molar-refractivity contribution in [2.45, 2.75) is 50.7 Å². The lowest BCUT2D eigenvalue weighted by Gasteiger charge is -2.28. The Hall–Kier alpha value is -4.13. The summed E-state index contributed by atoms with van der Waals surface area (Å²) in [7, 11) is 0. The topological polar surface area (TPSA) is 196 Å². The number of para-hydroxylation sites is 1. The van der Waals surface area contributed by atoms with E-state index in [1.807, 2.05) is 37.3 Å². The summed E-state index contributed by atoms with van der Waals surface area (Å²) in [5.74, 6) is -0.203. The molecular weight excluding hydrogens is 560 g/mol. The van der Waals surface area contributed by atoms with Crippen molar-refractivity contribution in [3.8, 4) is 5.75 Å². The number of piperidine rings is 1. The van der Waals surface area contributed by atoms with Gasteiger partial charge in [-0.3, -0.25) is 19.8 Å². The first-order valence-electron chi connectivity index (χ1n) is 13.8. The summed E-state index contributed by atoms with van der Waals surface area (Å²) in [5.41, 5.74) is 14.3. The van der Waals surface area contributed by atoms with Crippen LogP contribution in [0.1, 0.15) is 49.1 Å². The van der Waals surface area contributed by atoms with Crippen LogP contribution in [-0.4, -0.2) is 73.5 Å². The number of amides is 3. The van der Waals surface area contributed by atoms with Crippen molar-refractivity contribution in [1.82, 2.24) is 15.5 Å². The molecule has 1 unspecified atom stereocenters. The predicted molar refractivity (Wildman–Crippen MR) is 157 cm³/mol. The van der Waals surface area contributed by atoms with Crippen molar-refractivity contribution < 1.29 is 23.9 Å². The third kappa shape index (κ3) is 7.78. The quantitative estimate of drug-likeness (QED) is 0.0574. The van der Waals surface area contributed by atoms with E-state index < -0.39 is 6.04 Å². The molecule has 1 aliphatic carbocycles. The number of hydrogen-bond acceptors (Lipinski definition) is 8. The molecule has 0 spiro atoms. The van der Waals surface area contributed by atoms with Crippen LogP contribution in [0.5, 0.6) is 5.75 Å². The number of hydrogen-bond donors (Lipinski definition) is 4. The minimum absolute atomic E-state index is 0.0446. The highest BCUT2D eigenvalue weighted by atomic mass is 32.1. The molecule has 224 valence electrons. The smallest absolute Gasteiger partial charge is 0.243 e. The molecule has 4 atom stereocenters. The average molecular weight is 597 g/mol. The standard InChI is InChI=1S/C28H36N8O5S/c1-18(22-12-19(16-42-22)26(29)30)34-27(39)21-13-28(17-40-11-9-33-35-31)14-23(28)36(21)25(38)15-32-24(37)8-5-10-41-20-6-3-2-4-7-20/h2-4,6-7,12,16,18,21,23H,5,8-11,13-15,17H2,1H3,(H3,29,30)(H,32,37)(H,34,39)/t18?,21-,23-,28+/m0/s1. The van der Waals surface area contributed by atoms with Gasteiger partial charge in [0, 0.05) is 45.2 Å². The minimum Gasteiger partial charge on any atom is -0.494 e. The van der Waals surface area contributed by atoms with Gasteiger partial charge in [-0.2, -0.15) is 0 Å². The Morgan fingerprint density at radius 3 is 2.79 bits per heavy atom. The van der Waals surface area contributed by atoms with Crippen molar-refractivity contribution in [2.75, 3.05) is 32.9 Å². The molecule has 1 saturated carbocycles. The number of azide groups is 1. The molecule has 2 fully saturated rings. The van der Waals surface area contributed by atoms with Crippen LogP contribution in [-0.2, 0) is 19.1 Å². The number of rotatable bonds is 16. The van der Waals surface area contributed by atoms with Gasteiger partial charge in [0.15, 0.2) is 0 Å². The van der Waals surface area contributed by atoms with E-state index in [4.69, 9.17) is 26.1 Å². The van der Waals surface area contributed by atoms with E-state index in [1.165, 1.54) is 11.3 Å². The number of ether oxygens (including phenoxy) is 2. The molecule has 42 heavy (non-hydrogen) atoms. The van der Waals surface area contributed by atoms with Gasteiger partial charge >= 0.3 is 0 Å². The molecule has 14 heteroatoms. The molecule has 1 saturated heterocycles. The maximum absolute atomic E-state index is 13.5. The number of nitrogens with one attached hydrogen (secondary N) is 3. The van der Waals surface area contributed by atoms with E-state index in [1.54, 1.807) is 16.3 Å². The zero-order valence-corrected chi connectivity index (χ0v) is 24.3. The maximum Gasteiger partial charge on any atom is 0.243 e. The van der Waals surface area contributed by atoms with Crippen LogP contribution in [0.4, 0.5) is 0 Å². The number of nitrogens with zero attached hydrogens (tertiary/aromatic N) is 4. The molecule has 2 heterocycles. The Kier molecular flexibility index (Phi) is 10.4. The number of amidine groups is 1. The summed E-state index contributed by atoms with van der Waals surface area (Å²) in [6.45, 7) is 2.79. The molecule has 0 bridgehead atoms. The van der Waals surface area contributed by atoms with Crippen molar-refractivity contribution in [2.24, 2.45) is 16.3 Å². The van der Waals surface area contributed by atoms with Crippen molar-refractivity contribution in [1.29, 1.82) is 5.41 Å². The third-order valence-electron chi connectivity index (χ3n) is 7.51. The highest BCUT2D eigenvalue weighted by Crippen LogP contribution is 2.59. The SMILES string of the molecule is CC(NC(=O)[C@@H]1C[C@]2(COCCN=[N+]=[N-])C[C@@H]2N1C(=O)CNC(=O)CCCOc1ccccc1)c1cc(C(=N)N)cs1. The van der Waals surface area contributed by atoms with Crippen LogP contribution in [0.25, 0.3) is 10.4 Å². The molecule has 2 aliphatic rings. The van der Waals surface area contributed by atoms with E-state index in [2.05, 4.69) is 20.7 Å². The Morgan fingerprint density at radius 1 is 1.29 bits per heavy atom. The minimum atomic E-state index is -0.720. The number of carbonyl (C=O) groups excluding carboxylic acids is 3. The lowest BCUT2D eigenvalue weighted by molar-refractivity contribution is -0.140. The van der Waals surface area contributed by atoms with Gasteiger partial charge in [0.1, 0.15) is 17.6 Å². The molecule has 4 rings (SSSR count). The van der Waals surface area contributed by atoms with Crippen LogP contribution in [0, 0.1) is 10.8 Å². The third-order valence-corrected chi connectivity index (χ3v) is 8.63. The molecular formula is C28H36N8O5S. The summed E-state index contributed by atoms with van der Waals surface area (Å²) in [6, 6.07) is 9.84. The second-order valence-corrected chi connectivity index (χ2v) is 11.5. The van der Waals surface area contributed by atoms with E-state index in [9.17, 15) is 14.4 Å². The van der Waals surface area contributed by atoms with Gasteiger partial charge < -0.3 is 30.7 Å². The summed E-state index contributed by atoms with van der Waals surface area (Å²) in [5, 5.41) is 18.5. The van der Waals surface area contributed by atoms with Gasteiger partial charge in [-0.1, -0.05) is 23.3 Å². The zero-order valence-electron chi connectivity index (χ0n) is 23.5. The summed E-state index contributed by atoms with van der Waals surface area (Å²) in [6.07, 6.45) is 1.82. The van der Waals surface area contributed by atoms with Gasteiger partial charge in [-0.15, -0.1) is 11.3 Å². The van der Waals surface area contributed by atoms with Crippen LogP contribution in [0.2, 0.25) is 0 Å². The number of nitrogens with two attached hydrogens (primary N) is 1. The highest BCUT2D eigenvalue weighted by molar-refractivity contribution is 7.10. The van der Waals surface area contributed by atoms with E-state index >= 15 is 0 Å². The van der Waals surface area contributed by atoms with Crippen LogP contribution < -0.4 is 21.1 Å². The van der Waals surface area contributed by atoms with Gasteiger partial charge in [0.05, 0.1) is 32.4 Å². The largest absolute Gasteiger partial charge is 0.494 e. The maximum atomic E-state index is 13.5. The number of fused-ring (bicyclic) bond motifs is 1. The van der Waals surface area contributed by atoms with Crippen molar-refractivity contribution >= 4 is 34.9 Å². The molecule has 0 radical (unpaired) electrons. The van der Waals surface area contributed by atoms with Gasteiger partial charge in [-0.25, -0.2) is 0 Å². The number of nitrogen functional groups attached to an aromatic ring is 1. The van der Waals surface area contributed by atoms with Gasteiger partial charge in [0.2, 0.25) is 17.7 Å². The molecule has 3 amide bonds. The first kappa shape index (κ1) is 30.8. The number of carbonyl (C=O) groups is 3. The Morgan fingerprint density at radius 2 is 2.07 bits per heavy atom. The van der Waals surface area contributed by atoms with Crippen LogP contribution in [0.15, 0.2) is 46.9 Å². The fraction of sp³-hybridized carbons (Fsp3) is 0.500. The Labute approximate surface area is 247 Å². The summed E-state index contributed by atoms with van der Waals surface area (Å²) >= 11 is 1.39. The molecule has 1 aromatic heterocycles. The fourth-order valence-corrected chi connectivity index (χ4v) is 6.16. The van der Waals surface area contributed by atoms with Gasteiger partial charge in [0.25, 0.3) is 0 Å². The number of thiophene rings is 1. The zero-order chi connectivity index (χ0) is 30.1. The predicted octanol–water partition coefficient (Wildman–Crippen LogP) is 2.87. The first-order chi connectivity index (χ1) is 20.2. The lowest BCUT2D eigenvalue weighted by Crippen LogP contribution is -2.51. The summed E-state index contributed by atoms with van der Waals surface area (Å²) < 4.78 is 11.3. The Bertz CT molecular complexity index is 1330. The van der Waals surface area contributed by atoms with Crippen LogP contribution in [0.3, 0.4) is 0 Å². The highest BCUT2D eigenvalue weighted by Gasteiger charge is 2.67. The average Bonchev–Trinajstić information content (AvgIpc) is 3.31. The second kappa shape index (κ2) is 14.2. The second-order valence-electron chi connectivity index (χ2n) is 10.5. The number of benzene rings is 1. The molecule has 13 nitrogen and oxygen atoms in total. The van der Waals surface area contributed by atoms with E-state index in [-0.39, 0.29) is 67.2 Å². The van der Waals surface area contributed by atoms with Crippen molar-refractivity contribution in [3.05, 3.63) is 62.7 Å². The van der Waals surface area contributed by atoms with Crippen LogP contribution >= 0.6 is 11.3 Å². The first-order valence-corrected chi connectivity index (χ1v) is 14.7. The Balaban J connectivity index is 1.33. The molecule has 2 aromatic rings. The normalized spacial score (nSPS) is 21.0. The summed E-state index contributed by atoms with van der Waals surface area (Å²) in [4.78, 5) is 44.4.